The third-order valence-electron chi connectivity index (χ3n) is 3.67. The first-order valence-corrected chi connectivity index (χ1v) is 10.1. The number of aryl methyl sites for hydroxylation is 1. The van der Waals surface area contributed by atoms with E-state index in [0.717, 1.165) is 12.1 Å². The molecule has 1 heterocycles. The van der Waals surface area contributed by atoms with E-state index in [1.54, 1.807) is 12.1 Å². The Bertz CT molecular complexity index is 777. The van der Waals surface area contributed by atoms with Gasteiger partial charge in [0, 0.05) is 31.0 Å². The van der Waals surface area contributed by atoms with Crippen LogP contribution in [0.4, 0.5) is 0 Å². The number of primary amides is 1. The van der Waals surface area contributed by atoms with Gasteiger partial charge in [0.05, 0.1) is 5.75 Å². The zero-order valence-electron chi connectivity index (χ0n) is 15.4. The molecule has 2 amide bonds. The van der Waals surface area contributed by atoms with Crippen molar-refractivity contribution in [3.05, 3.63) is 40.7 Å². The van der Waals surface area contributed by atoms with Crippen molar-refractivity contribution < 1.29 is 9.59 Å². The molecular formula is C18H24ClN5O2S. The molecule has 2 aromatic rings. The van der Waals surface area contributed by atoms with Crippen molar-refractivity contribution in [3.63, 3.8) is 0 Å². The van der Waals surface area contributed by atoms with Crippen molar-refractivity contribution in [1.29, 1.82) is 0 Å². The second-order valence-corrected chi connectivity index (χ2v) is 7.94. The largest absolute Gasteiger partial charge is 0.370 e. The van der Waals surface area contributed by atoms with E-state index in [9.17, 15) is 9.59 Å². The Morgan fingerprint density at radius 3 is 2.59 bits per heavy atom. The summed E-state index contributed by atoms with van der Waals surface area (Å²) in [6, 6.07) is 7.33. The van der Waals surface area contributed by atoms with Gasteiger partial charge in [0.1, 0.15) is 5.82 Å². The van der Waals surface area contributed by atoms with Crippen LogP contribution in [0.5, 0.6) is 0 Å². The maximum absolute atomic E-state index is 12.1. The molecule has 0 saturated heterocycles. The molecule has 0 aliphatic heterocycles. The fourth-order valence-corrected chi connectivity index (χ4v) is 3.30. The lowest BCUT2D eigenvalue weighted by Gasteiger charge is -2.12. The number of benzene rings is 1. The van der Waals surface area contributed by atoms with Crippen LogP contribution in [-0.4, -0.2) is 32.3 Å². The molecule has 7 nitrogen and oxygen atoms in total. The molecule has 0 aliphatic rings. The van der Waals surface area contributed by atoms with Crippen LogP contribution >= 0.6 is 23.4 Å². The van der Waals surface area contributed by atoms with E-state index < -0.39 is 0 Å². The molecular weight excluding hydrogens is 386 g/mol. The number of nitrogens with two attached hydrogens (primary N) is 1. The van der Waals surface area contributed by atoms with E-state index in [1.165, 1.54) is 11.8 Å². The molecule has 0 bridgehead atoms. The number of carbonyl (C=O) groups excluding carboxylic acids is 2. The van der Waals surface area contributed by atoms with Gasteiger partial charge in [-0.3, -0.25) is 9.59 Å². The third-order valence-corrected chi connectivity index (χ3v) is 4.89. The summed E-state index contributed by atoms with van der Waals surface area (Å²) in [5.74, 6) is 0.871. The fraction of sp³-hybridized carbons (Fsp3) is 0.444. The summed E-state index contributed by atoms with van der Waals surface area (Å²) in [4.78, 5) is 23.2. The Morgan fingerprint density at radius 2 is 1.96 bits per heavy atom. The van der Waals surface area contributed by atoms with E-state index in [2.05, 4.69) is 29.4 Å². The molecule has 3 N–H and O–H groups in total. The van der Waals surface area contributed by atoms with Crippen LogP contribution < -0.4 is 11.1 Å². The van der Waals surface area contributed by atoms with Gasteiger partial charge >= 0.3 is 0 Å². The topological polar surface area (TPSA) is 103 Å². The van der Waals surface area contributed by atoms with E-state index in [-0.39, 0.29) is 24.0 Å². The van der Waals surface area contributed by atoms with Crippen LogP contribution in [0.15, 0.2) is 29.4 Å². The lowest BCUT2D eigenvalue weighted by molar-refractivity contribution is -0.119. The summed E-state index contributed by atoms with van der Waals surface area (Å²) >= 11 is 7.18. The number of thioether (sulfide) groups is 1. The molecule has 0 unspecified atom stereocenters. The molecule has 2 rings (SSSR count). The van der Waals surface area contributed by atoms with Gasteiger partial charge in [0.25, 0.3) is 0 Å². The van der Waals surface area contributed by atoms with Gasteiger partial charge in [-0.25, -0.2) is 0 Å². The van der Waals surface area contributed by atoms with Crippen molar-refractivity contribution in [2.75, 3.05) is 5.75 Å². The molecule has 0 atom stereocenters. The number of amides is 2. The van der Waals surface area contributed by atoms with Gasteiger partial charge in [-0.2, -0.15) is 0 Å². The van der Waals surface area contributed by atoms with Crippen LogP contribution in [0.3, 0.4) is 0 Å². The van der Waals surface area contributed by atoms with Gasteiger partial charge in [0.2, 0.25) is 11.8 Å². The lowest BCUT2D eigenvalue weighted by Crippen LogP contribution is -2.24. The zero-order chi connectivity index (χ0) is 19.8. The second-order valence-electron chi connectivity index (χ2n) is 6.56. The zero-order valence-corrected chi connectivity index (χ0v) is 17.0. The third kappa shape index (κ3) is 7.22. The molecule has 0 radical (unpaired) electrons. The Labute approximate surface area is 168 Å². The number of aromatic nitrogens is 3. The van der Waals surface area contributed by atoms with E-state index >= 15 is 0 Å². The number of nitrogens with one attached hydrogen (secondary N) is 1. The predicted octanol–water partition coefficient (Wildman–Crippen LogP) is 2.41. The first-order valence-electron chi connectivity index (χ1n) is 8.69. The monoisotopic (exact) mass is 409 g/mol. The first-order chi connectivity index (χ1) is 12.8. The van der Waals surface area contributed by atoms with Crippen molar-refractivity contribution in [3.8, 4) is 0 Å². The van der Waals surface area contributed by atoms with Crippen LogP contribution in [0, 0.1) is 5.92 Å². The quantitative estimate of drug-likeness (QED) is 0.586. The highest BCUT2D eigenvalue weighted by Gasteiger charge is 2.15. The molecule has 1 aromatic heterocycles. The standard InChI is InChI=1S/C18H24ClN5O2S/c1-12(2)10-24-16(8-7-15(20)25)22-23-18(24)27-11-17(26)21-9-13-3-5-14(19)6-4-13/h3-6,12H,7-11H2,1-2H3,(H2,20,25)(H,21,26). The second kappa shape index (κ2) is 10.3. The number of hydrogen-bond acceptors (Lipinski definition) is 5. The smallest absolute Gasteiger partial charge is 0.230 e. The van der Waals surface area contributed by atoms with Crippen molar-refractivity contribution in [2.45, 2.75) is 44.9 Å². The molecule has 1 aromatic carbocycles. The molecule has 0 saturated carbocycles. The van der Waals surface area contributed by atoms with Crippen LogP contribution in [0.25, 0.3) is 0 Å². The highest BCUT2D eigenvalue weighted by Crippen LogP contribution is 2.19. The van der Waals surface area contributed by atoms with Crippen LogP contribution in [0.1, 0.15) is 31.7 Å². The highest BCUT2D eigenvalue weighted by molar-refractivity contribution is 7.99. The predicted molar refractivity (Wildman–Crippen MR) is 106 cm³/mol. The van der Waals surface area contributed by atoms with Gasteiger partial charge in [-0.05, 0) is 23.6 Å². The summed E-state index contributed by atoms with van der Waals surface area (Å²) in [6.45, 7) is 5.34. The molecule has 9 heteroatoms. The minimum absolute atomic E-state index is 0.0901. The van der Waals surface area contributed by atoms with Crippen LogP contribution in [-0.2, 0) is 29.1 Å². The van der Waals surface area contributed by atoms with Gasteiger partial charge < -0.3 is 15.6 Å². The van der Waals surface area contributed by atoms with E-state index in [1.807, 2.05) is 16.7 Å². The SMILES string of the molecule is CC(C)Cn1c(CCC(N)=O)nnc1SCC(=O)NCc1ccc(Cl)cc1. The summed E-state index contributed by atoms with van der Waals surface area (Å²) in [5, 5.41) is 12.5. The van der Waals surface area contributed by atoms with E-state index in [0.29, 0.717) is 34.9 Å². The number of rotatable bonds is 10. The molecule has 0 fully saturated rings. The summed E-state index contributed by atoms with van der Waals surface area (Å²) < 4.78 is 1.96. The van der Waals surface area contributed by atoms with Crippen molar-refractivity contribution in [1.82, 2.24) is 20.1 Å². The number of nitrogens with zero attached hydrogens (tertiary/aromatic N) is 3. The Hall–Kier alpha value is -2.06. The average molecular weight is 410 g/mol. The summed E-state index contributed by atoms with van der Waals surface area (Å²) in [5.41, 5.74) is 6.21. The summed E-state index contributed by atoms with van der Waals surface area (Å²) in [7, 11) is 0. The minimum Gasteiger partial charge on any atom is -0.370 e. The number of carbonyl (C=O) groups is 2. The molecule has 27 heavy (non-hydrogen) atoms. The average Bonchev–Trinajstić information content (AvgIpc) is 2.98. The molecule has 146 valence electrons. The van der Waals surface area contributed by atoms with Gasteiger partial charge in [0.15, 0.2) is 5.16 Å². The summed E-state index contributed by atoms with van der Waals surface area (Å²) in [6.07, 6.45) is 0.668. The molecule has 0 spiro atoms. The minimum atomic E-state index is -0.370. The van der Waals surface area contributed by atoms with Crippen molar-refractivity contribution >= 4 is 35.2 Å². The van der Waals surface area contributed by atoms with Gasteiger partial charge in [-0.15, -0.1) is 10.2 Å². The Morgan fingerprint density at radius 1 is 1.26 bits per heavy atom. The normalized spacial score (nSPS) is 11.0. The van der Waals surface area contributed by atoms with E-state index in [4.69, 9.17) is 17.3 Å². The first kappa shape index (κ1) is 21.2. The van der Waals surface area contributed by atoms with Crippen molar-refractivity contribution in [2.24, 2.45) is 11.7 Å². The maximum atomic E-state index is 12.1. The Kier molecular flexibility index (Phi) is 8.12. The number of halogens is 1. The lowest BCUT2D eigenvalue weighted by atomic mass is 10.2. The maximum Gasteiger partial charge on any atom is 0.230 e. The molecule has 0 aliphatic carbocycles. The van der Waals surface area contributed by atoms with Crippen LogP contribution in [0.2, 0.25) is 5.02 Å². The number of hydrogen-bond donors (Lipinski definition) is 2. The fourth-order valence-electron chi connectivity index (χ4n) is 2.38. The Balaban J connectivity index is 1.92. The van der Waals surface area contributed by atoms with Gasteiger partial charge in [-0.1, -0.05) is 49.3 Å². The highest BCUT2D eigenvalue weighted by atomic mass is 35.5.